The summed E-state index contributed by atoms with van der Waals surface area (Å²) in [4.78, 5) is 4.52. The first-order chi connectivity index (χ1) is 10.2. The predicted octanol–water partition coefficient (Wildman–Crippen LogP) is 2.62. The number of aryl methyl sites for hydroxylation is 1. The van der Waals surface area contributed by atoms with E-state index < -0.39 is 18.3 Å². The molecule has 1 aliphatic heterocycles. The van der Waals surface area contributed by atoms with E-state index in [1.165, 1.54) is 12.1 Å². The van der Waals surface area contributed by atoms with Crippen LogP contribution in [0.4, 0.5) is 4.39 Å². The zero-order valence-corrected chi connectivity index (χ0v) is 13.6. The molecular weight excluding hydrogens is 282 g/mol. The van der Waals surface area contributed by atoms with Gasteiger partial charge in [0.2, 0.25) is 0 Å². The quantitative estimate of drug-likeness (QED) is 0.800. The highest BCUT2D eigenvalue weighted by Gasteiger charge is 2.52. The second-order valence-electron chi connectivity index (χ2n) is 6.65. The lowest BCUT2D eigenvalue weighted by atomic mass is 9.86. The van der Waals surface area contributed by atoms with Crippen LogP contribution in [0.3, 0.4) is 0 Å². The molecule has 2 aromatic rings. The maximum Gasteiger partial charge on any atom is 0.516 e. The molecule has 4 nitrogen and oxygen atoms in total. The Labute approximate surface area is 130 Å². The number of hydrogen-bond donors (Lipinski definition) is 0. The summed E-state index contributed by atoms with van der Waals surface area (Å²) in [6.45, 7) is 9.89. The van der Waals surface area contributed by atoms with Crippen LogP contribution in [0.5, 0.6) is 0 Å². The third kappa shape index (κ3) is 2.46. The van der Waals surface area contributed by atoms with Gasteiger partial charge in [-0.2, -0.15) is 0 Å². The van der Waals surface area contributed by atoms with E-state index in [1.807, 2.05) is 51.4 Å². The molecule has 22 heavy (non-hydrogen) atoms. The molecule has 0 saturated carbocycles. The van der Waals surface area contributed by atoms with Crippen molar-refractivity contribution >= 4 is 12.7 Å². The first kappa shape index (κ1) is 15.2. The number of halogens is 1. The summed E-state index contributed by atoms with van der Waals surface area (Å²) in [5.41, 5.74) is 0.607. The Balaban J connectivity index is 1.94. The van der Waals surface area contributed by atoms with E-state index in [2.05, 4.69) is 4.98 Å². The molecule has 116 valence electrons. The molecule has 0 spiro atoms. The van der Waals surface area contributed by atoms with Crippen LogP contribution in [-0.2, 0) is 9.31 Å². The maximum atomic E-state index is 13.4. The van der Waals surface area contributed by atoms with Gasteiger partial charge in [-0.3, -0.25) is 0 Å². The van der Waals surface area contributed by atoms with Gasteiger partial charge in [-0.1, -0.05) is 6.07 Å². The molecule has 0 radical (unpaired) electrons. The van der Waals surface area contributed by atoms with Crippen molar-refractivity contribution in [3.05, 3.63) is 42.1 Å². The van der Waals surface area contributed by atoms with Crippen molar-refractivity contribution in [3.63, 3.8) is 0 Å². The molecule has 0 aliphatic carbocycles. The summed E-state index contributed by atoms with van der Waals surface area (Å²) in [5, 5.41) is 0. The van der Waals surface area contributed by atoms with Crippen molar-refractivity contribution in [3.8, 4) is 5.69 Å². The Hall–Kier alpha value is -1.66. The van der Waals surface area contributed by atoms with Crippen LogP contribution in [0.25, 0.3) is 5.69 Å². The fourth-order valence-corrected chi connectivity index (χ4v) is 2.46. The Morgan fingerprint density at radius 1 is 1.14 bits per heavy atom. The number of rotatable bonds is 2. The van der Waals surface area contributed by atoms with Crippen molar-refractivity contribution in [2.75, 3.05) is 0 Å². The van der Waals surface area contributed by atoms with E-state index >= 15 is 0 Å². The molecule has 0 amide bonds. The van der Waals surface area contributed by atoms with Gasteiger partial charge >= 0.3 is 7.12 Å². The van der Waals surface area contributed by atoms with E-state index in [0.717, 1.165) is 11.5 Å². The number of hydrogen-bond acceptors (Lipinski definition) is 3. The standard InChI is InChI=1S/C16H20BFN2O2/c1-11-19-14(17-21-15(2,3)16(4,5)22-17)10-20(11)13-8-6-7-12(18)9-13/h6-10H,1-5H3. The van der Waals surface area contributed by atoms with Gasteiger partial charge in [-0.15, -0.1) is 0 Å². The third-order valence-corrected chi connectivity index (χ3v) is 4.48. The minimum absolute atomic E-state index is 0.275. The first-order valence-corrected chi connectivity index (χ1v) is 7.37. The minimum Gasteiger partial charge on any atom is -0.398 e. The number of nitrogens with zero attached hydrogens (tertiary/aromatic N) is 2. The highest BCUT2D eigenvalue weighted by atomic mass is 19.1. The van der Waals surface area contributed by atoms with Gasteiger partial charge in [0.15, 0.2) is 0 Å². The molecule has 0 bridgehead atoms. The molecule has 1 aromatic carbocycles. The molecule has 1 aliphatic rings. The summed E-state index contributed by atoms with van der Waals surface area (Å²) < 4.78 is 27.3. The molecule has 1 fully saturated rings. The van der Waals surface area contributed by atoms with Crippen molar-refractivity contribution in [2.24, 2.45) is 0 Å². The molecule has 3 rings (SSSR count). The van der Waals surface area contributed by atoms with Gasteiger partial charge in [-0.25, -0.2) is 9.37 Å². The number of imidazole rings is 1. The van der Waals surface area contributed by atoms with E-state index in [0.29, 0.717) is 5.59 Å². The fourth-order valence-electron chi connectivity index (χ4n) is 2.46. The zero-order valence-electron chi connectivity index (χ0n) is 13.6. The minimum atomic E-state index is -0.515. The average Bonchev–Trinajstić information content (AvgIpc) is 2.88. The van der Waals surface area contributed by atoms with Gasteiger partial charge in [0.1, 0.15) is 11.6 Å². The zero-order chi connectivity index (χ0) is 16.1. The van der Waals surface area contributed by atoms with Crippen LogP contribution in [0, 0.1) is 12.7 Å². The average molecular weight is 302 g/mol. The molecule has 1 saturated heterocycles. The van der Waals surface area contributed by atoms with Crippen LogP contribution < -0.4 is 5.59 Å². The first-order valence-electron chi connectivity index (χ1n) is 7.37. The van der Waals surface area contributed by atoms with Gasteiger partial charge in [0.05, 0.1) is 16.8 Å². The molecule has 0 N–H and O–H groups in total. The van der Waals surface area contributed by atoms with Crippen molar-refractivity contribution in [2.45, 2.75) is 45.8 Å². The number of benzene rings is 1. The molecule has 2 heterocycles. The van der Waals surface area contributed by atoms with Gasteiger partial charge in [0, 0.05) is 11.9 Å². The topological polar surface area (TPSA) is 36.3 Å². The Bertz CT molecular complexity index is 696. The fraction of sp³-hybridized carbons (Fsp3) is 0.438. The molecule has 0 unspecified atom stereocenters. The second-order valence-corrected chi connectivity index (χ2v) is 6.65. The molecule has 0 atom stereocenters. The van der Waals surface area contributed by atoms with Gasteiger partial charge < -0.3 is 13.9 Å². The lowest BCUT2D eigenvalue weighted by Gasteiger charge is -2.32. The lowest BCUT2D eigenvalue weighted by molar-refractivity contribution is 0.00578. The van der Waals surface area contributed by atoms with Crippen LogP contribution in [-0.4, -0.2) is 27.9 Å². The normalized spacial score (nSPS) is 19.6. The summed E-state index contributed by atoms with van der Waals surface area (Å²) >= 11 is 0. The van der Waals surface area contributed by atoms with E-state index in [-0.39, 0.29) is 5.82 Å². The highest BCUT2D eigenvalue weighted by Crippen LogP contribution is 2.36. The molecule has 6 heteroatoms. The van der Waals surface area contributed by atoms with Crippen molar-refractivity contribution in [1.29, 1.82) is 0 Å². The second kappa shape index (κ2) is 4.93. The third-order valence-electron chi connectivity index (χ3n) is 4.48. The monoisotopic (exact) mass is 302 g/mol. The maximum absolute atomic E-state index is 13.4. The summed E-state index contributed by atoms with van der Waals surface area (Å²) in [6, 6.07) is 6.41. The van der Waals surface area contributed by atoms with Crippen molar-refractivity contribution < 1.29 is 13.7 Å². The highest BCUT2D eigenvalue weighted by molar-refractivity contribution is 6.61. The summed E-state index contributed by atoms with van der Waals surface area (Å²) in [5.74, 6) is 0.484. The summed E-state index contributed by atoms with van der Waals surface area (Å²) in [6.07, 6.45) is 1.84. The van der Waals surface area contributed by atoms with Crippen LogP contribution in [0.2, 0.25) is 0 Å². The lowest BCUT2D eigenvalue weighted by Crippen LogP contribution is -2.41. The SMILES string of the molecule is Cc1nc(B2OC(C)(C)C(C)(C)O2)cn1-c1cccc(F)c1. The number of aromatic nitrogens is 2. The Morgan fingerprint density at radius 2 is 1.77 bits per heavy atom. The van der Waals surface area contributed by atoms with E-state index in [9.17, 15) is 4.39 Å². The predicted molar refractivity (Wildman–Crippen MR) is 84.0 cm³/mol. The van der Waals surface area contributed by atoms with Gasteiger partial charge in [-0.05, 0) is 52.8 Å². The Morgan fingerprint density at radius 3 is 2.36 bits per heavy atom. The van der Waals surface area contributed by atoms with Crippen molar-refractivity contribution in [1.82, 2.24) is 9.55 Å². The smallest absolute Gasteiger partial charge is 0.398 e. The van der Waals surface area contributed by atoms with E-state index in [1.54, 1.807) is 6.07 Å². The van der Waals surface area contributed by atoms with Crippen LogP contribution in [0.15, 0.2) is 30.5 Å². The van der Waals surface area contributed by atoms with Crippen LogP contribution >= 0.6 is 0 Å². The largest absolute Gasteiger partial charge is 0.516 e. The summed E-state index contributed by atoms with van der Waals surface area (Å²) in [7, 11) is -0.515. The molecular formula is C16H20BFN2O2. The van der Waals surface area contributed by atoms with Gasteiger partial charge in [0.25, 0.3) is 0 Å². The van der Waals surface area contributed by atoms with Crippen LogP contribution in [0.1, 0.15) is 33.5 Å². The van der Waals surface area contributed by atoms with E-state index in [4.69, 9.17) is 9.31 Å². The Kier molecular flexibility index (Phi) is 3.42. The molecule has 1 aromatic heterocycles.